The molecule has 0 bridgehead atoms. The second-order valence-electron chi connectivity index (χ2n) is 6.30. The van der Waals surface area contributed by atoms with Gasteiger partial charge in [0.2, 0.25) is 6.79 Å². The van der Waals surface area contributed by atoms with Gasteiger partial charge in [-0.1, -0.05) is 28.3 Å². The summed E-state index contributed by atoms with van der Waals surface area (Å²) in [5.74, 6) is 1.82. The van der Waals surface area contributed by atoms with Gasteiger partial charge in [0.15, 0.2) is 11.5 Å². The molecule has 0 atom stereocenters. The van der Waals surface area contributed by atoms with Gasteiger partial charge in [0.1, 0.15) is 0 Å². The number of ketones is 1. The standard InChI is InChI=1S/C16H12NO2S.C5H8O2.Ir/c1-9-5-13(16-4-3-10(2)20-16)17-12-7-15-14(6-11(9)12)18-8-19-15;1-4(6)3-5(2)7;/h3,5-7H,8H2,1-2H3;3,6H,1-2H3;/q-1;;/p+1. The Balaban J connectivity index is 0.000000306. The van der Waals surface area contributed by atoms with E-state index in [1.54, 1.807) is 11.3 Å². The molecule has 0 unspecified atom stereocenters. The van der Waals surface area contributed by atoms with Crippen LogP contribution in [0.1, 0.15) is 24.3 Å². The number of hydrogen-bond acceptors (Lipinski definition) is 5. The summed E-state index contributed by atoms with van der Waals surface area (Å²) in [5, 5.41) is 9.51. The zero-order valence-electron chi connectivity index (χ0n) is 16.0. The van der Waals surface area contributed by atoms with Gasteiger partial charge in [-0.05, 0) is 25.6 Å². The number of nitrogens with zero attached hydrogens (tertiary/aromatic N) is 1. The van der Waals surface area contributed by atoms with E-state index in [4.69, 9.17) is 24.4 Å². The Hall–Kier alpha value is -2.21. The van der Waals surface area contributed by atoms with Crippen molar-refractivity contribution in [2.45, 2.75) is 27.7 Å². The van der Waals surface area contributed by atoms with E-state index >= 15 is 0 Å². The van der Waals surface area contributed by atoms with Gasteiger partial charge >= 0.3 is 5.78 Å². The average Bonchev–Trinajstić information content (AvgIpc) is 3.20. The van der Waals surface area contributed by atoms with Crippen LogP contribution in [0.4, 0.5) is 0 Å². The van der Waals surface area contributed by atoms with Crippen LogP contribution in [0, 0.1) is 19.9 Å². The third kappa shape index (κ3) is 5.19. The van der Waals surface area contributed by atoms with Crippen LogP contribution in [-0.4, -0.2) is 27.5 Å². The third-order valence-corrected chi connectivity index (χ3v) is 4.80. The molecular formula is C21H21IrNO4S. The largest absolute Gasteiger partial charge is 0.512 e. The van der Waals surface area contributed by atoms with Crippen LogP contribution in [0.25, 0.3) is 21.5 Å². The van der Waals surface area contributed by atoms with E-state index in [0.717, 1.165) is 33.0 Å². The number of benzene rings is 1. The monoisotopic (exact) mass is 576 g/mol. The Morgan fingerprint density at radius 1 is 1.21 bits per heavy atom. The minimum Gasteiger partial charge on any atom is -0.512 e. The number of thiophene rings is 1. The predicted molar refractivity (Wildman–Crippen MR) is 108 cm³/mol. The molecule has 7 heteroatoms. The van der Waals surface area contributed by atoms with E-state index in [0.29, 0.717) is 0 Å². The molecule has 0 amide bonds. The van der Waals surface area contributed by atoms with Gasteiger partial charge in [0.05, 0.1) is 24.3 Å². The number of pyridine rings is 1. The molecule has 0 spiro atoms. The number of fused-ring (bicyclic) bond motifs is 2. The number of rotatable bonds is 2. The van der Waals surface area contributed by atoms with E-state index in [1.165, 1.54) is 30.4 Å². The maximum Gasteiger partial charge on any atom is 0.316 e. The molecule has 1 aliphatic heterocycles. The Bertz CT molecular complexity index is 1040. The van der Waals surface area contributed by atoms with Gasteiger partial charge < -0.3 is 19.6 Å². The second-order valence-corrected chi connectivity index (χ2v) is 7.56. The van der Waals surface area contributed by atoms with Gasteiger partial charge in [-0.2, -0.15) is 12.1 Å². The summed E-state index contributed by atoms with van der Waals surface area (Å²) >= 11 is 1.71. The van der Waals surface area contributed by atoms with Crippen molar-refractivity contribution in [2.24, 2.45) is 0 Å². The van der Waals surface area contributed by atoms with Crippen molar-refractivity contribution in [2.75, 3.05) is 6.79 Å². The zero-order valence-corrected chi connectivity index (χ0v) is 19.2. The second kappa shape index (κ2) is 9.32. The molecule has 149 valence electrons. The molecule has 3 aromatic rings. The van der Waals surface area contributed by atoms with Crippen LogP contribution < -0.4 is 9.47 Å². The van der Waals surface area contributed by atoms with Gasteiger partial charge in [0, 0.05) is 31.6 Å². The minimum atomic E-state index is 0. The SMILES string of the molecule is CC(=[OH+])C=C(C)O.Cc1c[c-]c(-c2cc(C)c3cc4c(cc3n2)OCO4)s1.[Ir]. The Morgan fingerprint density at radius 2 is 1.89 bits per heavy atom. The fraction of sp³-hybridized carbons (Fsp3) is 0.238. The van der Waals surface area contributed by atoms with Crippen LogP contribution in [0.15, 0.2) is 36.1 Å². The van der Waals surface area contributed by atoms with E-state index in [-0.39, 0.29) is 38.4 Å². The third-order valence-electron chi connectivity index (χ3n) is 3.83. The number of carbonyl (C=O) groups excluding carboxylic acids is 1. The van der Waals surface area contributed by atoms with Crippen molar-refractivity contribution in [3.05, 3.63) is 52.6 Å². The first-order valence-corrected chi connectivity index (χ1v) is 9.24. The van der Waals surface area contributed by atoms with Gasteiger partial charge in [-0.15, -0.1) is 0 Å². The van der Waals surface area contributed by atoms with Gasteiger partial charge in [-0.25, -0.2) is 11.3 Å². The Kier molecular flexibility index (Phi) is 7.35. The van der Waals surface area contributed by atoms with E-state index in [2.05, 4.69) is 26.0 Å². The molecule has 0 fully saturated rings. The summed E-state index contributed by atoms with van der Waals surface area (Å²) < 4.78 is 10.9. The summed E-state index contributed by atoms with van der Waals surface area (Å²) in [7, 11) is 0. The van der Waals surface area contributed by atoms with Gasteiger partial charge in [0.25, 0.3) is 0 Å². The van der Waals surface area contributed by atoms with Crippen molar-refractivity contribution in [1.82, 2.24) is 4.98 Å². The molecule has 1 aliphatic rings. The molecule has 28 heavy (non-hydrogen) atoms. The summed E-state index contributed by atoms with van der Waals surface area (Å²) in [6.07, 6.45) is 1.28. The quantitative estimate of drug-likeness (QED) is 0.199. The van der Waals surface area contributed by atoms with Crippen LogP contribution >= 0.6 is 11.3 Å². The molecule has 5 nitrogen and oxygen atoms in total. The Morgan fingerprint density at radius 3 is 2.43 bits per heavy atom. The number of aryl methyl sites for hydroxylation is 2. The summed E-state index contributed by atoms with van der Waals surface area (Å²) in [4.78, 5) is 15.5. The first-order chi connectivity index (χ1) is 12.8. The molecule has 0 aliphatic carbocycles. The van der Waals surface area contributed by atoms with Crippen molar-refractivity contribution < 1.29 is 39.5 Å². The van der Waals surface area contributed by atoms with Crippen molar-refractivity contribution in [3.63, 3.8) is 0 Å². The fourth-order valence-electron chi connectivity index (χ4n) is 2.72. The van der Waals surface area contributed by atoms with Crippen molar-refractivity contribution in [1.29, 1.82) is 0 Å². The zero-order chi connectivity index (χ0) is 19.6. The topological polar surface area (TPSA) is 73.0 Å². The Labute approximate surface area is 181 Å². The summed E-state index contributed by atoms with van der Waals surface area (Å²) in [5.41, 5.74) is 3.08. The van der Waals surface area contributed by atoms with Crippen LogP contribution in [-0.2, 0) is 20.1 Å². The number of aromatic nitrogens is 1. The summed E-state index contributed by atoms with van der Waals surface area (Å²) in [6, 6.07) is 11.3. The molecular weight excluding hydrogens is 555 g/mol. The van der Waals surface area contributed by atoms with Crippen LogP contribution in [0.2, 0.25) is 0 Å². The molecule has 2 N–H and O–H groups in total. The molecule has 1 aromatic carbocycles. The summed E-state index contributed by atoms with van der Waals surface area (Å²) in [6.45, 7) is 7.46. The van der Waals surface area contributed by atoms with Crippen LogP contribution in [0.5, 0.6) is 11.5 Å². The fourth-order valence-corrected chi connectivity index (χ4v) is 3.48. The average molecular weight is 576 g/mol. The van der Waals surface area contributed by atoms with Gasteiger partial charge in [-0.3, -0.25) is 4.79 Å². The maximum absolute atomic E-state index is 8.40. The molecule has 1 radical (unpaired) electrons. The smallest absolute Gasteiger partial charge is 0.316 e. The van der Waals surface area contributed by atoms with Crippen molar-refractivity contribution >= 4 is 28.0 Å². The number of ether oxygens (including phenoxy) is 2. The number of allylic oxidation sites excluding steroid dienone is 2. The van der Waals surface area contributed by atoms with Crippen molar-refractivity contribution in [3.8, 4) is 22.1 Å². The number of aliphatic hydroxyl groups excluding tert-OH is 1. The molecule has 0 saturated heterocycles. The van der Waals surface area contributed by atoms with E-state index < -0.39 is 0 Å². The number of hydrogen-bond donors (Lipinski definition) is 1. The van der Waals surface area contributed by atoms with E-state index in [9.17, 15) is 0 Å². The molecule has 4 rings (SSSR count). The van der Waals surface area contributed by atoms with E-state index in [1.807, 2.05) is 18.2 Å². The minimum absolute atomic E-state index is 0. The first-order valence-electron chi connectivity index (χ1n) is 8.43. The first kappa shape index (κ1) is 22.1. The molecule has 3 heterocycles. The predicted octanol–water partition coefficient (Wildman–Crippen LogP) is 5.12. The number of aliphatic hydroxyl groups is 1. The normalized spacial score (nSPS) is 12.2. The van der Waals surface area contributed by atoms with Crippen LogP contribution in [0.3, 0.4) is 0 Å². The maximum atomic E-state index is 8.40. The molecule has 2 aromatic heterocycles. The molecule has 0 saturated carbocycles.